The summed E-state index contributed by atoms with van der Waals surface area (Å²) in [6, 6.07) is 9.08. The Balaban J connectivity index is 2.10. The van der Waals surface area contributed by atoms with Gasteiger partial charge in [-0.05, 0) is 50.6 Å². The molecule has 10 heteroatoms. The van der Waals surface area contributed by atoms with Crippen molar-refractivity contribution in [3.05, 3.63) is 76.9 Å². The van der Waals surface area contributed by atoms with Crippen LogP contribution >= 0.6 is 0 Å². The van der Waals surface area contributed by atoms with E-state index in [-0.39, 0.29) is 17.0 Å². The number of hydrogen-bond donors (Lipinski definition) is 1. The van der Waals surface area contributed by atoms with Gasteiger partial charge in [-0.2, -0.15) is 23.0 Å². The number of rotatable bonds is 5. The summed E-state index contributed by atoms with van der Waals surface area (Å²) in [5, 5.41) is 4.15. The molecule has 3 aromatic rings. The van der Waals surface area contributed by atoms with Gasteiger partial charge in [0.25, 0.3) is 0 Å². The predicted octanol–water partition coefficient (Wildman–Crippen LogP) is 4.52. The van der Waals surface area contributed by atoms with Gasteiger partial charge in [0.2, 0.25) is 10.0 Å². The van der Waals surface area contributed by atoms with Crippen LogP contribution in [0.3, 0.4) is 0 Å². The number of nitrogens with zero attached hydrogens (tertiary/aromatic N) is 2. The molecule has 1 N–H and O–H groups in total. The summed E-state index contributed by atoms with van der Waals surface area (Å²) in [5.41, 5.74) is 0.758. The molecule has 1 heterocycles. The molecule has 2 aromatic carbocycles. The van der Waals surface area contributed by atoms with Crippen molar-refractivity contribution in [2.45, 2.75) is 37.9 Å². The second-order valence-corrected chi connectivity index (χ2v) is 8.54. The highest BCUT2D eigenvalue weighted by Crippen LogP contribution is 2.38. The monoisotopic (exact) mass is 441 g/mol. The molecular formula is C20H19F4N3O2S. The smallest absolute Gasteiger partial charge is 0.237 e. The van der Waals surface area contributed by atoms with Crippen molar-refractivity contribution in [3.8, 4) is 5.69 Å². The Kier molecular flexibility index (Phi) is 5.74. The third-order valence-electron chi connectivity index (χ3n) is 4.61. The maximum Gasteiger partial charge on any atom is 0.409 e. The van der Waals surface area contributed by atoms with Crippen molar-refractivity contribution < 1.29 is 26.0 Å². The second-order valence-electron chi connectivity index (χ2n) is 6.86. The van der Waals surface area contributed by atoms with Crippen LogP contribution in [0, 0.1) is 26.6 Å². The van der Waals surface area contributed by atoms with Gasteiger partial charge in [0, 0.05) is 11.3 Å². The summed E-state index contributed by atoms with van der Waals surface area (Å²) in [4.78, 5) is -0.854. The lowest BCUT2D eigenvalue weighted by Gasteiger charge is -2.22. The van der Waals surface area contributed by atoms with Crippen LogP contribution in [0.1, 0.15) is 28.6 Å². The van der Waals surface area contributed by atoms with Gasteiger partial charge in [-0.1, -0.05) is 24.3 Å². The summed E-state index contributed by atoms with van der Waals surface area (Å²) in [5.74, 6) is -1.13. The van der Waals surface area contributed by atoms with Gasteiger partial charge in [-0.25, -0.2) is 17.5 Å². The van der Waals surface area contributed by atoms with Crippen LogP contribution < -0.4 is 4.72 Å². The van der Waals surface area contributed by atoms with Gasteiger partial charge in [-0.3, -0.25) is 0 Å². The van der Waals surface area contributed by atoms with Crippen LogP contribution in [0.25, 0.3) is 5.69 Å². The van der Waals surface area contributed by atoms with Crippen LogP contribution in [0.5, 0.6) is 0 Å². The number of benzene rings is 2. The predicted molar refractivity (Wildman–Crippen MR) is 103 cm³/mol. The van der Waals surface area contributed by atoms with E-state index in [2.05, 4.69) is 5.10 Å². The molecule has 30 heavy (non-hydrogen) atoms. The zero-order chi connectivity index (χ0) is 22.3. The molecule has 0 radical (unpaired) electrons. The van der Waals surface area contributed by atoms with Crippen molar-refractivity contribution in [2.24, 2.45) is 0 Å². The fourth-order valence-corrected chi connectivity index (χ4v) is 4.48. The van der Waals surface area contributed by atoms with Crippen molar-refractivity contribution in [2.75, 3.05) is 0 Å². The quantitative estimate of drug-likeness (QED) is 0.593. The normalized spacial score (nSPS) is 13.4. The second kappa shape index (κ2) is 7.84. The fraction of sp³-hybridized carbons (Fsp3) is 0.250. The summed E-state index contributed by atoms with van der Waals surface area (Å²) < 4.78 is 84.1. The van der Waals surface area contributed by atoms with Gasteiger partial charge in [-0.15, -0.1) is 0 Å². The Hall–Kier alpha value is -2.72. The number of para-hydroxylation sites is 1. The SMILES string of the molecule is Cc1ccc(S(=O)(=O)N[C@@H](c2c(C)nn(-c3ccccc3)c2C)C(F)(F)F)c(F)c1. The Morgan fingerprint density at radius 2 is 1.67 bits per heavy atom. The number of aromatic nitrogens is 2. The summed E-state index contributed by atoms with van der Waals surface area (Å²) in [6.07, 6.45) is -4.98. The number of halogens is 4. The van der Waals surface area contributed by atoms with Gasteiger partial charge in [0.05, 0.1) is 11.4 Å². The maximum atomic E-state index is 14.2. The van der Waals surface area contributed by atoms with Crippen molar-refractivity contribution in [1.82, 2.24) is 14.5 Å². The number of aryl methyl sites for hydroxylation is 2. The molecule has 1 aromatic heterocycles. The largest absolute Gasteiger partial charge is 0.409 e. The third-order valence-corrected chi connectivity index (χ3v) is 6.07. The molecule has 160 valence electrons. The van der Waals surface area contributed by atoms with E-state index in [9.17, 15) is 26.0 Å². The highest BCUT2D eigenvalue weighted by atomic mass is 32.2. The lowest BCUT2D eigenvalue weighted by Crippen LogP contribution is -2.39. The summed E-state index contributed by atoms with van der Waals surface area (Å²) in [6.45, 7) is 4.32. The number of hydrogen-bond acceptors (Lipinski definition) is 3. The highest BCUT2D eigenvalue weighted by Gasteiger charge is 2.46. The Labute approximate surface area is 171 Å². The minimum absolute atomic E-state index is 0.00533. The molecular weight excluding hydrogens is 422 g/mol. The lowest BCUT2D eigenvalue weighted by molar-refractivity contribution is -0.153. The number of alkyl halides is 3. The van der Waals surface area contributed by atoms with E-state index >= 15 is 0 Å². The topological polar surface area (TPSA) is 64.0 Å². The first-order chi connectivity index (χ1) is 13.9. The van der Waals surface area contributed by atoms with Crippen molar-refractivity contribution >= 4 is 10.0 Å². The van der Waals surface area contributed by atoms with Crippen LogP contribution in [0.15, 0.2) is 53.4 Å². The molecule has 0 fully saturated rings. The van der Waals surface area contributed by atoms with Gasteiger partial charge < -0.3 is 0 Å². The molecule has 0 unspecified atom stereocenters. The third kappa shape index (κ3) is 4.24. The van der Waals surface area contributed by atoms with Crippen LogP contribution in [0.2, 0.25) is 0 Å². The van der Waals surface area contributed by atoms with Crippen LogP contribution in [-0.2, 0) is 10.0 Å². The molecule has 1 atom stereocenters. The highest BCUT2D eigenvalue weighted by molar-refractivity contribution is 7.89. The molecule has 0 bridgehead atoms. The average molecular weight is 441 g/mol. The Morgan fingerprint density at radius 3 is 2.23 bits per heavy atom. The van der Waals surface area contributed by atoms with E-state index < -0.39 is 33.0 Å². The lowest BCUT2D eigenvalue weighted by atomic mass is 10.1. The first-order valence-corrected chi connectivity index (χ1v) is 10.4. The first-order valence-electron chi connectivity index (χ1n) is 8.88. The molecule has 0 saturated carbocycles. The number of sulfonamides is 1. The molecule has 0 aliphatic heterocycles. The molecule has 0 saturated heterocycles. The van der Waals surface area contributed by atoms with Crippen molar-refractivity contribution in [1.29, 1.82) is 0 Å². The summed E-state index contributed by atoms with van der Waals surface area (Å²) in [7, 11) is -4.81. The minimum atomic E-state index is -4.98. The Bertz CT molecular complexity index is 1170. The van der Waals surface area contributed by atoms with Gasteiger partial charge in [0.15, 0.2) is 0 Å². The molecule has 3 rings (SSSR count). The molecule has 5 nitrogen and oxygen atoms in total. The Morgan fingerprint density at radius 1 is 1.03 bits per heavy atom. The molecule has 0 aliphatic carbocycles. The van der Waals surface area contributed by atoms with E-state index in [0.717, 1.165) is 12.1 Å². The zero-order valence-electron chi connectivity index (χ0n) is 16.3. The van der Waals surface area contributed by atoms with Crippen molar-refractivity contribution in [3.63, 3.8) is 0 Å². The van der Waals surface area contributed by atoms with Gasteiger partial charge >= 0.3 is 6.18 Å². The fourth-order valence-electron chi connectivity index (χ4n) is 3.22. The molecule has 0 aliphatic rings. The van der Waals surface area contributed by atoms with E-state index in [1.165, 1.54) is 31.5 Å². The first kappa shape index (κ1) is 22.0. The number of nitrogens with one attached hydrogen (secondary N) is 1. The van der Waals surface area contributed by atoms with Gasteiger partial charge in [0.1, 0.15) is 16.8 Å². The standard InChI is InChI=1S/C20H19F4N3O2S/c1-12-9-10-17(16(21)11-12)30(28,29)26-19(20(22,23)24)18-13(2)25-27(14(18)3)15-7-5-4-6-8-15/h4-11,19,26H,1-3H3/t19-/m0/s1. The van der Waals surface area contributed by atoms with Crippen LogP contribution in [-0.4, -0.2) is 24.4 Å². The van der Waals surface area contributed by atoms with E-state index in [0.29, 0.717) is 11.3 Å². The maximum absolute atomic E-state index is 14.2. The average Bonchev–Trinajstić information content (AvgIpc) is 2.93. The van der Waals surface area contributed by atoms with E-state index in [1.54, 1.807) is 35.1 Å². The summed E-state index contributed by atoms with van der Waals surface area (Å²) >= 11 is 0. The zero-order valence-corrected chi connectivity index (χ0v) is 17.1. The minimum Gasteiger partial charge on any atom is -0.237 e. The molecule has 0 spiro atoms. The van der Waals surface area contributed by atoms with E-state index in [1.807, 2.05) is 0 Å². The van der Waals surface area contributed by atoms with E-state index in [4.69, 9.17) is 0 Å². The van der Waals surface area contributed by atoms with Crippen LogP contribution in [0.4, 0.5) is 17.6 Å². The molecule has 0 amide bonds.